The van der Waals surface area contributed by atoms with Crippen LogP contribution in [0.5, 0.6) is 0 Å². The van der Waals surface area contributed by atoms with Crippen molar-refractivity contribution in [3.8, 4) is 0 Å². The van der Waals surface area contributed by atoms with Crippen LogP contribution in [-0.4, -0.2) is 11.0 Å². The van der Waals surface area contributed by atoms with Gasteiger partial charge in [0.15, 0.2) is 5.78 Å². The van der Waals surface area contributed by atoms with E-state index in [2.05, 4.69) is 15.9 Å². The van der Waals surface area contributed by atoms with Gasteiger partial charge in [-0.1, -0.05) is 46.3 Å². The summed E-state index contributed by atoms with van der Waals surface area (Å²) in [6, 6.07) is 17.5. The third-order valence-electron chi connectivity index (χ3n) is 2.55. The number of hydrogen-bond acceptors (Lipinski definition) is 2. The molecule has 0 spiro atoms. The summed E-state index contributed by atoms with van der Waals surface area (Å²) in [5.41, 5.74) is 0.758. The van der Waals surface area contributed by atoms with Gasteiger partial charge in [-0.3, -0.25) is 4.79 Å². The summed E-state index contributed by atoms with van der Waals surface area (Å²) in [6.07, 6.45) is 0. The van der Waals surface area contributed by atoms with E-state index in [1.165, 1.54) is 0 Å². The standard InChI is InChI=1S/C15H13BrOS/c1-11(18-14-5-3-2-4-6-14)15(17)12-7-9-13(16)10-8-12/h2-11H,1H3. The molecule has 2 rings (SSSR count). The Morgan fingerprint density at radius 1 is 1.06 bits per heavy atom. The minimum atomic E-state index is -0.0754. The Hall–Kier alpha value is -1.06. The monoisotopic (exact) mass is 320 g/mol. The van der Waals surface area contributed by atoms with E-state index >= 15 is 0 Å². The summed E-state index contributed by atoms with van der Waals surface area (Å²) >= 11 is 4.96. The van der Waals surface area contributed by atoms with E-state index in [0.29, 0.717) is 0 Å². The van der Waals surface area contributed by atoms with E-state index in [4.69, 9.17) is 0 Å². The van der Waals surface area contributed by atoms with Gasteiger partial charge in [0.05, 0.1) is 5.25 Å². The van der Waals surface area contributed by atoms with Gasteiger partial charge in [0, 0.05) is 14.9 Å². The van der Waals surface area contributed by atoms with E-state index < -0.39 is 0 Å². The molecule has 0 N–H and O–H groups in total. The maximum absolute atomic E-state index is 12.2. The summed E-state index contributed by atoms with van der Waals surface area (Å²) in [4.78, 5) is 13.3. The van der Waals surface area contributed by atoms with Crippen molar-refractivity contribution in [2.75, 3.05) is 0 Å². The SMILES string of the molecule is CC(Sc1ccccc1)C(=O)c1ccc(Br)cc1. The van der Waals surface area contributed by atoms with Crippen molar-refractivity contribution in [3.05, 3.63) is 64.6 Å². The highest BCUT2D eigenvalue weighted by atomic mass is 79.9. The van der Waals surface area contributed by atoms with E-state index in [1.807, 2.05) is 61.5 Å². The lowest BCUT2D eigenvalue weighted by atomic mass is 10.1. The van der Waals surface area contributed by atoms with Crippen LogP contribution in [0.2, 0.25) is 0 Å². The van der Waals surface area contributed by atoms with Crippen LogP contribution in [0.15, 0.2) is 64.0 Å². The summed E-state index contributed by atoms with van der Waals surface area (Å²) in [6.45, 7) is 1.95. The van der Waals surface area contributed by atoms with Gasteiger partial charge < -0.3 is 0 Å². The third kappa shape index (κ3) is 3.47. The highest BCUT2D eigenvalue weighted by Gasteiger charge is 2.16. The Morgan fingerprint density at radius 3 is 2.28 bits per heavy atom. The number of rotatable bonds is 4. The molecule has 0 aliphatic carbocycles. The molecule has 2 aromatic rings. The number of Topliss-reactive ketones (excluding diaryl/α,β-unsaturated/α-hetero) is 1. The second-order valence-electron chi connectivity index (χ2n) is 3.94. The van der Waals surface area contributed by atoms with Crippen molar-refractivity contribution in [2.24, 2.45) is 0 Å². The Labute approximate surface area is 120 Å². The molecule has 92 valence electrons. The average Bonchev–Trinajstić information content (AvgIpc) is 2.40. The van der Waals surface area contributed by atoms with Crippen LogP contribution >= 0.6 is 27.7 Å². The molecule has 1 nitrogen and oxygen atoms in total. The van der Waals surface area contributed by atoms with Gasteiger partial charge in [-0.15, -0.1) is 11.8 Å². The van der Waals surface area contributed by atoms with Gasteiger partial charge in [0.2, 0.25) is 0 Å². The van der Waals surface area contributed by atoms with E-state index in [9.17, 15) is 4.79 Å². The zero-order chi connectivity index (χ0) is 13.0. The van der Waals surface area contributed by atoms with E-state index in [-0.39, 0.29) is 11.0 Å². The van der Waals surface area contributed by atoms with Gasteiger partial charge in [-0.25, -0.2) is 0 Å². The molecular formula is C15H13BrOS. The highest BCUT2D eigenvalue weighted by Crippen LogP contribution is 2.25. The fourth-order valence-electron chi connectivity index (χ4n) is 1.61. The molecule has 0 saturated carbocycles. The van der Waals surface area contributed by atoms with Crippen LogP contribution in [0.1, 0.15) is 17.3 Å². The van der Waals surface area contributed by atoms with E-state index in [1.54, 1.807) is 11.8 Å². The zero-order valence-corrected chi connectivity index (χ0v) is 12.4. The maximum Gasteiger partial charge on any atom is 0.175 e. The van der Waals surface area contributed by atoms with Crippen LogP contribution in [0.4, 0.5) is 0 Å². The van der Waals surface area contributed by atoms with Crippen LogP contribution in [-0.2, 0) is 0 Å². The second kappa shape index (κ2) is 6.21. The fourth-order valence-corrected chi connectivity index (χ4v) is 2.84. The van der Waals surface area contributed by atoms with Gasteiger partial charge >= 0.3 is 0 Å². The van der Waals surface area contributed by atoms with Crippen LogP contribution < -0.4 is 0 Å². The maximum atomic E-state index is 12.2. The number of thioether (sulfide) groups is 1. The molecule has 0 aliphatic heterocycles. The lowest BCUT2D eigenvalue weighted by Crippen LogP contribution is -2.13. The van der Waals surface area contributed by atoms with Crippen molar-refractivity contribution in [1.29, 1.82) is 0 Å². The first kappa shape index (κ1) is 13.4. The fraction of sp³-hybridized carbons (Fsp3) is 0.133. The molecule has 0 radical (unpaired) electrons. The lowest BCUT2D eigenvalue weighted by molar-refractivity contribution is 0.0994. The first-order valence-corrected chi connectivity index (χ1v) is 7.35. The Kier molecular flexibility index (Phi) is 4.61. The minimum absolute atomic E-state index is 0.0754. The van der Waals surface area contributed by atoms with Crippen LogP contribution in [0, 0.1) is 0 Å². The Bertz CT molecular complexity index is 522. The average molecular weight is 321 g/mol. The normalized spacial score (nSPS) is 12.1. The predicted octanol–water partition coefficient (Wildman–Crippen LogP) is 4.81. The third-order valence-corrected chi connectivity index (χ3v) is 4.19. The second-order valence-corrected chi connectivity index (χ2v) is 6.27. The van der Waals surface area contributed by atoms with Crippen molar-refractivity contribution in [3.63, 3.8) is 0 Å². The van der Waals surface area contributed by atoms with Gasteiger partial charge in [-0.2, -0.15) is 0 Å². The molecule has 0 aliphatic rings. The topological polar surface area (TPSA) is 17.1 Å². The Morgan fingerprint density at radius 2 is 1.67 bits per heavy atom. The number of ketones is 1. The first-order chi connectivity index (χ1) is 8.66. The van der Waals surface area contributed by atoms with Gasteiger partial charge in [0.1, 0.15) is 0 Å². The van der Waals surface area contributed by atoms with E-state index in [0.717, 1.165) is 14.9 Å². The predicted molar refractivity (Wildman–Crippen MR) is 80.2 cm³/mol. The number of carbonyl (C=O) groups excluding carboxylic acids is 1. The molecule has 0 bridgehead atoms. The summed E-state index contributed by atoms with van der Waals surface area (Å²) in [7, 11) is 0. The first-order valence-electron chi connectivity index (χ1n) is 5.68. The van der Waals surface area contributed by atoms with Crippen LogP contribution in [0.3, 0.4) is 0 Å². The largest absolute Gasteiger partial charge is 0.293 e. The van der Waals surface area contributed by atoms with Crippen molar-refractivity contribution < 1.29 is 4.79 Å². The van der Waals surface area contributed by atoms with Gasteiger partial charge in [0.25, 0.3) is 0 Å². The smallest absolute Gasteiger partial charge is 0.175 e. The molecular weight excluding hydrogens is 308 g/mol. The van der Waals surface area contributed by atoms with Gasteiger partial charge in [-0.05, 0) is 31.2 Å². The molecule has 1 atom stereocenters. The Balaban J connectivity index is 2.07. The molecule has 0 heterocycles. The summed E-state index contributed by atoms with van der Waals surface area (Å²) < 4.78 is 0.988. The highest BCUT2D eigenvalue weighted by molar-refractivity contribution is 9.10. The molecule has 0 aromatic heterocycles. The lowest BCUT2D eigenvalue weighted by Gasteiger charge is -2.10. The zero-order valence-electron chi connectivity index (χ0n) is 9.97. The molecule has 0 amide bonds. The number of benzene rings is 2. The molecule has 18 heavy (non-hydrogen) atoms. The van der Waals surface area contributed by atoms with Crippen molar-refractivity contribution in [1.82, 2.24) is 0 Å². The molecule has 1 unspecified atom stereocenters. The molecule has 2 aromatic carbocycles. The minimum Gasteiger partial charge on any atom is -0.293 e. The number of hydrogen-bond donors (Lipinski definition) is 0. The summed E-state index contributed by atoms with van der Waals surface area (Å²) in [5, 5.41) is -0.0754. The molecule has 3 heteroatoms. The van der Waals surface area contributed by atoms with Crippen molar-refractivity contribution in [2.45, 2.75) is 17.1 Å². The quantitative estimate of drug-likeness (QED) is 0.594. The number of halogens is 1. The van der Waals surface area contributed by atoms with Crippen LogP contribution in [0.25, 0.3) is 0 Å². The molecule has 0 saturated heterocycles. The number of carbonyl (C=O) groups is 1. The van der Waals surface area contributed by atoms with Crippen molar-refractivity contribution >= 4 is 33.5 Å². The molecule has 0 fully saturated rings. The summed E-state index contributed by atoms with van der Waals surface area (Å²) in [5.74, 6) is 0.163.